The van der Waals surface area contributed by atoms with Gasteiger partial charge in [0.05, 0.1) is 6.10 Å². The molecule has 0 aliphatic carbocycles. The molecule has 1 N–H and O–H groups in total. The highest BCUT2D eigenvalue weighted by Gasteiger charge is 2.15. The van der Waals surface area contributed by atoms with Gasteiger partial charge in [0.25, 0.3) is 0 Å². The Morgan fingerprint density at radius 3 is 3.00 bits per heavy atom. The van der Waals surface area contributed by atoms with Crippen LogP contribution in [0, 0.1) is 0 Å². The number of nitrogens with zero attached hydrogens (tertiary/aromatic N) is 2. The van der Waals surface area contributed by atoms with Gasteiger partial charge in [0.1, 0.15) is 5.82 Å². The van der Waals surface area contributed by atoms with Crippen LogP contribution in [-0.4, -0.2) is 14.7 Å². The van der Waals surface area contributed by atoms with Crippen molar-refractivity contribution in [2.24, 2.45) is 0 Å². The number of aromatic nitrogens is 2. The molecule has 2 aromatic rings. The summed E-state index contributed by atoms with van der Waals surface area (Å²) in [5.41, 5.74) is 0.945. The second kappa shape index (κ2) is 5.80. The van der Waals surface area contributed by atoms with Crippen molar-refractivity contribution in [3.05, 3.63) is 39.0 Å². The van der Waals surface area contributed by atoms with Crippen LogP contribution in [0.1, 0.15) is 30.8 Å². The molecule has 2 aromatic heterocycles. The Labute approximate surface area is 113 Å². The summed E-state index contributed by atoms with van der Waals surface area (Å²) < 4.78 is 3.08. The molecule has 0 aliphatic rings. The van der Waals surface area contributed by atoms with Crippen molar-refractivity contribution in [1.82, 2.24) is 9.55 Å². The van der Waals surface area contributed by atoms with E-state index in [-0.39, 0.29) is 0 Å². The van der Waals surface area contributed by atoms with E-state index in [2.05, 4.69) is 32.4 Å². The molecule has 5 heteroatoms. The SMILES string of the molecule is CCCn1ccnc1CC(O)c1cscc1Br. The number of hydrogen-bond donors (Lipinski definition) is 1. The molecule has 0 bridgehead atoms. The Bertz CT molecular complexity index is 480. The number of rotatable bonds is 5. The summed E-state index contributed by atoms with van der Waals surface area (Å²) in [4.78, 5) is 4.31. The Morgan fingerprint density at radius 1 is 1.53 bits per heavy atom. The predicted octanol–water partition coefficient (Wildman–Crippen LogP) is 3.39. The summed E-state index contributed by atoms with van der Waals surface area (Å²) >= 11 is 5.03. The molecule has 1 atom stereocenters. The van der Waals surface area contributed by atoms with Crippen LogP contribution in [-0.2, 0) is 13.0 Å². The fraction of sp³-hybridized carbons (Fsp3) is 0.417. The Morgan fingerprint density at radius 2 is 2.35 bits per heavy atom. The van der Waals surface area contributed by atoms with Crippen molar-refractivity contribution in [2.75, 3.05) is 0 Å². The van der Waals surface area contributed by atoms with Gasteiger partial charge in [-0.2, -0.15) is 11.3 Å². The minimum atomic E-state index is -0.492. The summed E-state index contributed by atoms with van der Waals surface area (Å²) in [6, 6.07) is 0. The summed E-state index contributed by atoms with van der Waals surface area (Å²) in [6.07, 6.45) is 4.90. The van der Waals surface area contributed by atoms with E-state index in [0.717, 1.165) is 28.8 Å². The van der Waals surface area contributed by atoms with Gasteiger partial charge < -0.3 is 9.67 Å². The topological polar surface area (TPSA) is 38.0 Å². The van der Waals surface area contributed by atoms with E-state index < -0.39 is 6.10 Å². The van der Waals surface area contributed by atoms with E-state index in [1.807, 2.05) is 17.0 Å². The number of halogens is 1. The lowest BCUT2D eigenvalue weighted by atomic mass is 10.1. The fourth-order valence-corrected chi connectivity index (χ4v) is 3.39. The molecular formula is C12H15BrN2OS. The van der Waals surface area contributed by atoms with E-state index in [1.54, 1.807) is 17.5 Å². The Kier molecular flexibility index (Phi) is 4.36. The van der Waals surface area contributed by atoms with Crippen molar-refractivity contribution >= 4 is 27.3 Å². The van der Waals surface area contributed by atoms with Crippen molar-refractivity contribution in [1.29, 1.82) is 0 Å². The van der Waals surface area contributed by atoms with E-state index >= 15 is 0 Å². The number of hydrogen-bond acceptors (Lipinski definition) is 3. The first-order valence-electron chi connectivity index (χ1n) is 5.62. The molecule has 0 saturated heterocycles. The molecule has 3 nitrogen and oxygen atoms in total. The highest BCUT2D eigenvalue weighted by atomic mass is 79.9. The van der Waals surface area contributed by atoms with E-state index in [9.17, 15) is 5.11 Å². The first kappa shape index (κ1) is 12.8. The quantitative estimate of drug-likeness (QED) is 0.918. The van der Waals surface area contributed by atoms with Gasteiger partial charge in [-0.3, -0.25) is 0 Å². The molecule has 92 valence electrons. The van der Waals surface area contributed by atoms with E-state index in [1.165, 1.54) is 0 Å². The van der Waals surface area contributed by atoms with Crippen LogP contribution in [0.15, 0.2) is 27.6 Å². The van der Waals surface area contributed by atoms with Gasteiger partial charge in [-0.05, 0) is 27.7 Å². The lowest BCUT2D eigenvalue weighted by Gasteiger charge is -2.11. The minimum Gasteiger partial charge on any atom is -0.388 e. The average Bonchev–Trinajstić information content (AvgIpc) is 2.89. The summed E-state index contributed by atoms with van der Waals surface area (Å²) in [7, 11) is 0. The molecule has 0 amide bonds. The van der Waals surface area contributed by atoms with E-state index in [0.29, 0.717) is 6.42 Å². The van der Waals surface area contributed by atoms with Crippen LogP contribution in [0.5, 0.6) is 0 Å². The van der Waals surface area contributed by atoms with Gasteiger partial charge in [0, 0.05) is 40.8 Å². The molecular weight excluding hydrogens is 300 g/mol. The predicted molar refractivity (Wildman–Crippen MR) is 73.2 cm³/mol. The highest BCUT2D eigenvalue weighted by Crippen LogP contribution is 2.29. The van der Waals surface area contributed by atoms with Gasteiger partial charge >= 0.3 is 0 Å². The number of thiophene rings is 1. The number of aryl methyl sites for hydroxylation is 1. The molecule has 0 spiro atoms. The first-order valence-corrected chi connectivity index (χ1v) is 7.35. The van der Waals surface area contributed by atoms with Crippen LogP contribution in [0.3, 0.4) is 0 Å². The maximum absolute atomic E-state index is 10.2. The highest BCUT2D eigenvalue weighted by molar-refractivity contribution is 9.10. The Hall–Kier alpha value is -0.650. The number of imidazole rings is 1. The maximum Gasteiger partial charge on any atom is 0.111 e. The van der Waals surface area contributed by atoms with Crippen LogP contribution < -0.4 is 0 Å². The number of aliphatic hydroxyl groups excluding tert-OH is 1. The first-order chi connectivity index (χ1) is 8.22. The zero-order chi connectivity index (χ0) is 12.3. The summed E-state index contributed by atoms with van der Waals surface area (Å²) in [5, 5.41) is 14.1. The second-order valence-corrected chi connectivity index (χ2v) is 5.53. The molecule has 1 unspecified atom stereocenters. The molecule has 2 heterocycles. The lowest BCUT2D eigenvalue weighted by Crippen LogP contribution is -2.08. The third-order valence-electron chi connectivity index (χ3n) is 2.64. The van der Waals surface area contributed by atoms with E-state index in [4.69, 9.17) is 0 Å². The summed E-state index contributed by atoms with van der Waals surface area (Å²) in [6.45, 7) is 3.09. The second-order valence-electron chi connectivity index (χ2n) is 3.93. The van der Waals surface area contributed by atoms with Crippen molar-refractivity contribution in [2.45, 2.75) is 32.4 Å². The largest absolute Gasteiger partial charge is 0.388 e. The lowest BCUT2D eigenvalue weighted by molar-refractivity contribution is 0.174. The van der Waals surface area contributed by atoms with Gasteiger partial charge in [-0.15, -0.1) is 0 Å². The van der Waals surface area contributed by atoms with Gasteiger partial charge in [0.2, 0.25) is 0 Å². The van der Waals surface area contributed by atoms with Gasteiger partial charge in [-0.25, -0.2) is 4.98 Å². The molecule has 2 rings (SSSR count). The van der Waals surface area contributed by atoms with Crippen LogP contribution in [0.25, 0.3) is 0 Å². The van der Waals surface area contributed by atoms with Crippen LogP contribution in [0.4, 0.5) is 0 Å². The maximum atomic E-state index is 10.2. The zero-order valence-corrected chi connectivity index (χ0v) is 12.0. The molecule has 0 radical (unpaired) electrons. The fourth-order valence-electron chi connectivity index (χ4n) is 1.79. The Balaban J connectivity index is 2.10. The molecule has 0 saturated carbocycles. The third-order valence-corrected chi connectivity index (χ3v) is 4.40. The van der Waals surface area contributed by atoms with Gasteiger partial charge in [0.15, 0.2) is 0 Å². The molecule has 0 aromatic carbocycles. The molecule has 0 fully saturated rings. The minimum absolute atomic E-state index is 0.492. The summed E-state index contributed by atoms with van der Waals surface area (Å²) in [5.74, 6) is 0.942. The number of aliphatic hydroxyl groups is 1. The zero-order valence-electron chi connectivity index (χ0n) is 9.64. The van der Waals surface area contributed by atoms with Crippen molar-refractivity contribution < 1.29 is 5.11 Å². The van der Waals surface area contributed by atoms with Gasteiger partial charge in [-0.1, -0.05) is 6.92 Å². The van der Waals surface area contributed by atoms with Crippen molar-refractivity contribution in [3.63, 3.8) is 0 Å². The van der Waals surface area contributed by atoms with Crippen molar-refractivity contribution in [3.8, 4) is 0 Å². The third kappa shape index (κ3) is 2.97. The monoisotopic (exact) mass is 314 g/mol. The normalized spacial score (nSPS) is 12.9. The molecule has 0 aliphatic heterocycles. The van der Waals surface area contributed by atoms with Crippen LogP contribution in [0.2, 0.25) is 0 Å². The molecule has 17 heavy (non-hydrogen) atoms. The van der Waals surface area contributed by atoms with Crippen LogP contribution >= 0.6 is 27.3 Å². The standard InChI is InChI=1S/C12H15BrN2OS/c1-2-4-15-5-3-14-12(15)6-11(16)9-7-17-8-10(9)13/h3,5,7-8,11,16H,2,4,6H2,1H3. The average molecular weight is 315 g/mol. The smallest absolute Gasteiger partial charge is 0.111 e.